The minimum absolute atomic E-state index is 0.108. The van der Waals surface area contributed by atoms with Crippen LogP contribution in [0.2, 0.25) is 5.02 Å². The summed E-state index contributed by atoms with van der Waals surface area (Å²) >= 11 is 6.03. The lowest BCUT2D eigenvalue weighted by Gasteiger charge is -2.10. The molecule has 0 atom stereocenters. The lowest BCUT2D eigenvalue weighted by Crippen LogP contribution is -2.28. The van der Waals surface area contributed by atoms with Gasteiger partial charge < -0.3 is 15.2 Å². The molecule has 2 heterocycles. The molecule has 0 spiro atoms. The number of imidazole rings is 1. The van der Waals surface area contributed by atoms with Crippen LogP contribution >= 0.6 is 11.6 Å². The van der Waals surface area contributed by atoms with Crippen molar-refractivity contribution >= 4 is 45.1 Å². The topological polar surface area (TPSA) is 71.8 Å². The first-order valence-electron chi connectivity index (χ1n) is 9.58. The summed E-state index contributed by atoms with van der Waals surface area (Å²) in [6.07, 6.45) is 2.60. The first-order chi connectivity index (χ1) is 14.1. The van der Waals surface area contributed by atoms with Crippen molar-refractivity contribution in [1.82, 2.24) is 19.9 Å². The molecule has 0 aliphatic rings. The third-order valence-corrected chi connectivity index (χ3v) is 5.22. The van der Waals surface area contributed by atoms with Gasteiger partial charge in [0, 0.05) is 54.4 Å². The number of aromatic nitrogens is 3. The number of pyridine rings is 1. The van der Waals surface area contributed by atoms with Gasteiger partial charge in [-0.15, -0.1) is 0 Å². The molecular formula is C22H22ClN5O. The van der Waals surface area contributed by atoms with Gasteiger partial charge in [0.1, 0.15) is 5.82 Å². The number of carbonyl (C=O) groups excluding carboxylic acids is 1. The van der Waals surface area contributed by atoms with Crippen LogP contribution < -0.4 is 10.6 Å². The number of amides is 1. The first kappa shape index (κ1) is 19.2. The van der Waals surface area contributed by atoms with Gasteiger partial charge in [-0.2, -0.15) is 0 Å². The van der Waals surface area contributed by atoms with E-state index in [9.17, 15) is 4.79 Å². The molecule has 0 saturated heterocycles. The molecule has 0 radical (unpaired) electrons. The molecule has 2 aromatic heterocycles. The van der Waals surface area contributed by atoms with Gasteiger partial charge in [-0.25, -0.2) is 4.98 Å². The standard InChI is InChI=1S/C22H22ClN5O/c1-3-21-27-19-12-14(4-7-20(19)28(21)2)22(29)26-11-10-25-17-8-9-24-18-13-15(23)5-6-16(17)18/h4-9,12-13H,3,10-11H2,1-2H3,(H,24,25)(H,26,29). The second-order valence-corrected chi connectivity index (χ2v) is 7.28. The van der Waals surface area contributed by atoms with Crippen LogP contribution in [0, 0.1) is 0 Å². The summed E-state index contributed by atoms with van der Waals surface area (Å²) in [7, 11) is 2.00. The molecule has 2 N–H and O–H groups in total. The molecule has 2 aromatic carbocycles. The molecule has 0 aliphatic carbocycles. The number of nitrogens with one attached hydrogen (secondary N) is 2. The van der Waals surface area contributed by atoms with E-state index < -0.39 is 0 Å². The summed E-state index contributed by atoms with van der Waals surface area (Å²) in [5.74, 6) is 0.899. The van der Waals surface area contributed by atoms with Crippen LogP contribution in [0.1, 0.15) is 23.1 Å². The van der Waals surface area contributed by atoms with E-state index in [2.05, 4.69) is 32.1 Å². The second-order valence-electron chi connectivity index (χ2n) is 6.85. The smallest absolute Gasteiger partial charge is 0.251 e. The Morgan fingerprint density at radius 2 is 1.97 bits per heavy atom. The number of rotatable bonds is 6. The highest BCUT2D eigenvalue weighted by Gasteiger charge is 2.11. The summed E-state index contributed by atoms with van der Waals surface area (Å²) in [6.45, 7) is 3.17. The van der Waals surface area contributed by atoms with E-state index in [-0.39, 0.29) is 5.91 Å². The van der Waals surface area contributed by atoms with Crippen LogP contribution in [0.3, 0.4) is 0 Å². The number of aryl methyl sites for hydroxylation is 2. The van der Waals surface area contributed by atoms with Crippen molar-refractivity contribution in [1.29, 1.82) is 0 Å². The van der Waals surface area contributed by atoms with Crippen molar-refractivity contribution in [2.75, 3.05) is 18.4 Å². The number of nitrogens with zero attached hydrogens (tertiary/aromatic N) is 3. The van der Waals surface area contributed by atoms with E-state index in [0.29, 0.717) is 23.7 Å². The van der Waals surface area contributed by atoms with Gasteiger partial charge in [0.25, 0.3) is 5.91 Å². The summed E-state index contributed by atoms with van der Waals surface area (Å²) in [6, 6.07) is 13.2. The molecule has 0 unspecified atom stereocenters. The van der Waals surface area contributed by atoms with Crippen molar-refractivity contribution in [3.05, 3.63) is 65.1 Å². The van der Waals surface area contributed by atoms with E-state index in [1.807, 2.05) is 49.5 Å². The summed E-state index contributed by atoms with van der Waals surface area (Å²) in [5, 5.41) is 7.96. The lowest BCUT2D eigenvalue weighted by molar-refractivity contribution is 0.0955. The highest BCUT2D eigenvalue weighted by atomic mass is 35.5. The maximum Gasteiger partial charge on any atom is 0.251 e. The average Bonchev–Trinajstić information content (AvgIpc) is 3.05. The number of carbonyl (C=O) groups is 1. The highest BCUT2D eigenvalue weighted by molar-refractivity contribution is 6.31. The SMILES string of the molecule is CCc1nc2cc(C(=O)NCCNc3ccnc4cc(Cl)ccc34)ccc2n1C. The van der Waals surface area contributed by atoms with Crippen molar-refractivity contribution in [3.8, 4) is 0 Å². The Hall–Kier alpha value is -3.12. The van der Waals surface area contributed by atoms with Gasteiger partial charge in [-0.3, -0.25) is 9.78 Å². The molecule has 0 fully saturated rings. The zero-order valence-corrected chi connectivity index (χ0v) is 17.1. The Morgan fingerprint density at radius 3 is 2.79 bits per heavy atom. The van der Waals surface area contributed by atoms with E-state index >= 15 is 0 Å². The minimum atomic E-state index is -0.108. The van der Waals surface area contributed by atoms with Crippen LogP contribution in [0.4, 0.5) is 5.69 Å². The van der Waals surface area contributed by atoms with Crippen LogP contribution in [0.25, 0.3) is 21.9 Å². The normalized spacial score (nSPS) is 11.1. The third kappa shape index (κ3) is 3.89. The number of anilines is 1. The van der Waals surface area contributed by atoms with E-state index in [1.54, 1.807) is 6.20 Å². The quantitative estimate of drug-likeness (QED) is 0.470. The van der Waals surface area contributed by atoms with Crippen molar-refractivity contribution in [2.24, 2.45) is 7.05 Å². The summed E-state index contributed by atoms with van der Waals surface area (Å²) in [5.41, 5.74) is 4.29. The van der Waals surface area contributed by atoms with Crippen LogP contribution in [0.15, 0.2) is 48.7 Å². The highest BCUT2D eigenvalue weighted by Crippen LogP contribution is 2.24. The average molecular weight is 408 g/mol. The van der Waals surface area contributed by atoms with E-state index in [4.69, 9.17) is 11.6 Å². The molecule has 0 aliphatic heterocycles. The Bertz CT molecular complexity index is 1200. The zero-order chi connectivity index (χ0) is 20.4. The Balaban J connectivity index is 1.39. The third-order valence-electron chi connectivity index (χ3n) is 4.98. The number of halogens is 1. The van der Waals surface area contributed by atoms with Crippen LogP contribution in [-0.2, 0) is 13.5 Å². The van der Waals surface area contributed by atoms with Gasteiger partial charge in [-0.1, -0.05) is 18.5 Å². The van der Waals surface area contributed by atoms with E-state index in [0.717, 1.165) is 39.9 Å². The second kappa shape index (κ2) is 8.09. The largest absolute Gasteiger partial charge is 0.383 e. The predicted octanol–water partition coefficient (Wildman–Crippen LogP) is 4.18. The minimum Gasteiger partial charge on any atom is -0.383 e. The predicted molar refractivity (Wildman–Crippen MR) is 118 cm³/mol. The van der Waals surface area contributed by atoms with Crippen molar-refractivity contribution in [2.45, 2.75) is 13.3 Å². The summed E-state index contributed by atoms with van der Waals surface area (Å²) < 4.78 is 2.06. The fraction of sp³-hybridized carbons (Fsp3) is 0.227. The van der Waals surface area contributed by atoms with Crippen molar-refractivity contribution in [3.63, 3.8) is 0 Å². The molecule has 29 heavy (non-hydrogen) atoms. The number of benzene rings is 2. The Morgan fingerprint density at radius 1 is 1.10 bits per heavy atom. The van der Waals surface area contributed by atoms with Gasteiger partial charge in [-0.05, 0) is 42.5 Å². The number of hydrogen-bond donors (Lipinski definition) is 2. The first-order valence-corrected chi connectivity index (χ1v) is 9.96. The lowest BCUT2D eigenvalue weighted by atomic mass is 10.2. The van der Waals surface area contributed by atoms with Gasteiger partial charge >= 0.3 is 0 Å². The fourth-order valence-corrected chi connectivity index (χ4v) is 3.62. The Labute approximate surface area is 173 Å². The summed E-state index contributed by atoms with van der Waals surface area (Å²) in [4.78, 5) is 21.4. The van der Waals surface area contributed by atoms with Gasteiger partial charge in [0.2, 0.25) is 0 Å². The molecular weight excluding hydrogens is 386 g/mol. The number of fused-ring (bicyclic) bond motifs is 2. The fourth-order valence-electron chi connectivity index (χ4n) is 3.46. The molecule has 1 amide bonds. The molecule has 4 rings (SSSR count). The van der Waals surface area contributed by atoms with Gasteiger partial charge in [0.15, 0.2) is 0 Å². The monoisotopic (exact) mass is 407 g/mol. The zero-order valence-electron chi connectivity index (χ0n) is 16.4. The van der Waals surface area contributed by atoms with E-state index in [1.165, 1.54) is 0 Å². The number of hydrogen-bond acceptors (Lipinski definition) is 4. The van der Waals surface area contributed by atoms with Crippen LogP contribution in [-0.4, -0.2) is 33.5 Å². The molecule has 148 valence electrons. The molecule has 0 saturated carbocycles. The molecule has 6 nitrogen and oxygen atoms in total. The Kier molecular flexibility index (Phi) is 5.36. The maximum absolute atomic E-state index is 12.5. The molecule has 4 aromatic rings. The van der Waals surface area contributed by atoms with Crippen LogP contribution in [0.5, 0.6) is 0 Å². The van der Waals surface area contributed by atoms with Crippen molar-refractivity contribution < 1.29 is 4.79 Å². The maximum atomic E-state index is 12.5. The van der Waals surface area contributed by atoms with Gasteiger partial charge in [0.05, 0.1) is 16.6 Å². The molecule has 0 bridgehead atoms. The molecule has 7 heteroatoms.